The van der Waals surface area contributed by atoms with Gasteiger partial charge in [0, 0.05) is 24.7 Å². The number of piperidine rings is 1. The van der Waals surface area contributed by atoms with Gasteiger partial charge in [-0.2, -0.15) is 0 Å². The Morgan fingerprint density at radius 2 is 1.85 bits per heavy atom. The molecule has 1 aliphatic heterocycles. The summed E-state index contributed by atoms with van der Waals surface area (Å²) in [6.07, 6.45) is 2.12. The maximum atomic E-state index is 13.1. The van der Waals surface area contributed by atoms with Crippen LogP contribution in [-0.2, 0) is 0 Å². The second kappa shape index (κ2) is 7.83. The number of nitrogens with one attached hydrogen (secondary N) is 3. The lowest BCUT2D eigenvalue weighted by molar-refractivity contribution is 0.274. The highest BCUT2D eigenvalue weighted by Gasteiger charge is 2.27. The van der Waals surface area contributed by atoms with Gasteiger partial charge in [-0.3, -0.25) is 4.79 Å². The van der Waals surface area contributed by atoms with Gasteiger partial charge >= 0.3 is 5.69 Å². The summed E-state index contributed by atoms with van der Waals surface area (Å²) < 4.78 is 6.41. The number of imidazole rings is 1. The number of nitrogens with zero attached hydrogens (tertiary/aromatic N) is 1. The molecule has 0 spiro atoms. The fraction of sp³-hybridized carbons (Fsp3) is 0.385. The van der Waals surface area contributed by atoms with Crippen LogP contribution in [0.4, 0.5) is 11.6 Å². The van der Waals surface area contributed by atoms with E-state index in [2.05, 4.69) is 40.1 Å². The van der Waals surface area contributed by atoms with Gasteiger partial charge in [-0.05, 0) is 55.9 Å². The van der Waals surface area contributed by atoms with Gasteiger partial charge < -0.3 is 24.6 Å². The van der Waals surface area contributed by atoms with Gasteiger partial charge in [0.25, 0.3) is 0 Å². The zero-order chi connectivity index (χ0) is 23.3. The number of hydrogen-bond donors (Lipinski definition) is 3. The van der Waals surface area contributed by atoms with E-state index in [1.807, 2.05) is 38.1 Å². The van der Waals surface area contributed by atoms with Crippen molar-refractivity contribution < 1.29 is 4.42 Å². The van der Waals surface area contributed by atoms with Crippen LogP contribution in [0.2, 0.25) is 0 Å². The van der Waals surface area contributed by atoms with Crippen molar-refractivity contribution in [3.8, 4) is 0 Å². The smallest absolute Gasteiger partial charge is 0.323 e. The van der Waals surface area contributed by atoms with E-state index in [1.165, 1.54) is 0 Å². The molecule has 0 amide bonds. The van der Waals surface area contributed by atoms with Gasteiger partial charge in [0.2, 0.25) is 0 Å². The van der Waals surface area contributed by atoms with Crippen molar-refractivity contribution in [2.24, 2.45) is 5.41 Å². The monoisotopic (exact) mass is 446 g/mol. The molecule has 3 heterocycles. The van der Waals surface area contributed by atoms with Crippen LogP contribution in [0, 0.1) is 12.3 Å². The van der Waals surface area contributed by atoms with E-state index in [0.717, 1.165) is 53.8 Å². The van der Waals surface area contributed by atoms with Crippen molar-refractivity contribution in [1.29, 1.82) is 0 Å². The third-order valence-electron chi connectivity index (χ3n) is 6.81. The summed E-state index contributed by atoms with van der Waals surface area (Å²) in [7, 11) is 0. The number of aromatic nitrogens is 2. The Morgan fingerprint density at radius 1 is 1.09 bits per heavy atom. The summed E-state index contributed by atoms with van der Waals surface area (Å²) in [4.78, 5) is 32.7. The Balaban J connectivity index is 1.56. The van der Waals surface area contributed by atoms with Crippen LogP contribution in [0.3, 0.4) is 0 Å². The predicted octanol–water partition coefficient (Wildman–Crippen LogP) is 5.07. The highest BCUT2D eigenvalue weighted by atomic mass is 16.4. The number of para-hydroxylation sites is 1. The lowest BCUT2D eigenvalue weighted by atomic mass is 9.83. The number of aromatic amines is 2. The first-order valence-corrected chi connectivity index (χ1v) is 11.5. The van der Waals surface area contributed by atoms with E-state index in [9.17, 15) is 9.59 Å². The minimum atomic E-state index is -0.242. The van der Waals surface area contributed by atoms with Gasteiger partial charge in [0.15, 0.2) is 11.3 Å². The van der Waals surface area contributed by atoms with E-state index in [-0.39, 0.29) is 17.2 Å². The van der Waals surface area contributed by atoms with Crippen molar-refractivity contribution in [3.63, 3.8) is 0 Å². The molecule has 7 nitrogen and oxygen atoms in total. The molecule has 4 aromatic rings. The minimum absolute atomic E-state index is 0.0229. The van der Waals surface area contributed by atoms with E-state index in [4.69, 9.17) is 4.42 Å². The van der Waals surface area contributed by atoms with Crippen molar-refractivity contribution in [2.75, 3.05) is 23.3 Å². The number of hydrogen-bond acceptors (Lipinski definition) is 5. The standard InChI is InChI=1S/C26H30N4O3/c1-15-12-17(16(2)27-19-6-5-7-20-23(19)29-25(32)28-20)24-18(13-15)21(31)14-22(33-24)30-10-8-26(3,4)9-11-30/h5-7,12-14,16,27H,8-11H2,1-4H3,(H2,28,29,32). The molecule has 0 bridgehead atoms. The van der Waals surface area contributed by atoms with E-state index >= 15 is 0 Å². The zero-order valence-electron chi connectivity index (χ0n) is 19.5. The molecule has 172 valence electrons. The third kappa shape index (κ3) is 4.03. The van der Waals surface area contributed by atoms with Gasteiger partial charge in [0.1, 0.15) is 5.58 Å². The maximum Gasteiger partial charge on any atom is 0.323 e. The number of rotatable bonds is 4. The molecule has 2 aromatic carbocycles. The number of fused-ring (bicyclic) bond motifs is 2. The van der Waals surface area contributed by atoms with E-state index < -0.39 is 0 Å². The average molecular weight is 447 g/mol. The Hall–Kier alpha value is -3.48. The highest BCUT2D eigenvalue weighted by molar-refractivity contribution is 5.88. The molecule has 33 heavy (non-hydrogen) atoms. The molecule has 1 atom stereocenters. The average Bonchev–Trinajstić information content (AvgIpc) is 3.15. The minimum Gasteiger partial charge on any atom is -0.440 e. The number of H-pyrrole nitrogens is 2. The van der Waals surface area contributed by atoms with E-state index in [0.29, 0.717) is 22.3 Å². The van der Waals surface area contributed by atoms with E-state index in [1.54, 1.807) is 6.07 Å². The summed E-state index contributed by atoms with van der Waals surface area (Å²) in [5, 5.41) is 4.09. The zero-order valence-corrected chi connectivity index (χ0v) is 19.5. The van der Waals surface area contributed by atoms with Gasteiger partial charge in [-0.15, -0.1) is 0 Å². The Bertz CT molecular complexity index is 1450. The molecule has 1 aliphatic rings. The van der Waals surface area contributed by atoms with Gasteiger partial charge in [-0.25, -0.2) is 4.79 Å². The molecule has 0 aliphatic carbocycles. The highest BCUT2D eigenvalue weighted by Crippen LogP contribution is 2.34. The largest absolute Gasteiger partial charge is 0.440 e. The summed E-state index contributed by atoms with van der Waals surface area (Å²) in [5.74, 6) is 0.636. The maximum absolute atomic E-state index is 13.1. The summed E-state index contributed by atoms with van der Waals surface area (Å²) in [6.45, 7) is 10.3. The molecule has 1 unspecified atom stereocenters. The first kappa shape index (κ1) is 21.4. The lowest BCUT2D eigenvalue weighted by Crippen LogP contribution is -2.37. The first-order chi connectivity index (χ1) is 15.7. The van der Waals surface area contributed by atoms with Crippen molar-refractivity contribution >= 4 is 33.6 Å². The molecule has 1 fully saturated rings. The summed E-state index contributed by atoms with van der Waals surface area (Å²) >= 11 is 0. The van der Waals surface area contributed by atoms with Crippen molar-refractivity contribution in [1.82, 2.24) is 9.97 Å². The molecule has 0 radical (unpaired) electrons. The van der Waals surface area contributed by atoms with Crippen LogP contribution in [0.25, 0.3) is 22.0 Å². The summed E-state index contributed by atoms with van der Waals surface area (Å²) in [6, 6.07) is 11.1. The Kier molecular flexibility index (Phi) is 5.07. The van der Waals surface area contributed by atoms with Crippen molar-refractivity contribution in [2.45, 2.75) is 46.6 Å². The van der Waals surface area contributed by atoms with Gasteiger partial charge in [-0.1, -0.05) is 26.0 Å². The summed E-state index contributed by atoms with van der Waals surface area (Å²) in [5.41, 5.74) is 4.85. The lowest BCUT2D eigenvalue weighted by Gasteiger charge is -2.37. The molecule has 3 N–H and O–H groups in total. The normalized spacial score (nSPS) is 16.9. The van der Waals surface area contributed by atoms with Crippen LogP contribution < -0.4 is 21.3 Å². The molecular formula is C26H30N4O3. The third-order valence-corrected chi connectivity index (χ3v) is 6.81. The molecule has 5 rings (SSSR count). The van der Waals surface area contributed by atoms with Crippen LogP contribution in [0.15, 0.2) is 50.4 Å². The van der Waals surface area contributed by atoms with Crippen LogP contribution >= 0.6 is 0 Å². The number of anilines is 2. The first-order valence-electron chi connectivity index (χ1n) is 11.5. The fourth-order valence-corrected chi connectivity index (χ4v) is 4.72. The second-order valence-electron chi connectivity index (χ2n) is 10.0. The second-order valence-corrected chi connectivity index (χ2v) is 10.0. The van der Waals surface area contributed by atoms with Crippen LogP contribution in [0.1, 0.15) is 50.8 Å². The van der Waals surface area contributed by atoms with Crippen LogP contribution in [-0.4, -0.2) is 23.1 Å². The van der Waals surface area contributed by atoms with Gasteiger partial charge in [0.05, 0.1) is 28.1 Å². The number of aryl methyl sites for hydroxylation is 1. The Morgan fingerprint density at radius 3 is 2.61 bits per heavy atom. The SMILES string of the molecule is Cc1cc(C(C)Nc2cccc3[nH]c(=O)[nH]c23)c2oc(N3CCC(C)(C)CC3)cc(=O)c2c1. The number of benzene rings is 2. The van der Waals surface area contributed by atoms with Crippen molar-refractivity contribution in [3.05, 3.63) is 68.2 Å². The topological polar surface area (TPSA) is 94.1 Å². The molecule has 7 heteroatoms. The Labute approximate surface area is 191 Å². The fourth-order valence-electron chi connectivity index (χ4n) is 4.72. The molecule has 0 saturated carbocycles. The molecule has 1 saturated heterocycles. The quantitative estimate of drug-likeness (QED) is 0.407. The predicted molar refractivity (Wildman–Crippen MR) is 133 cm³/mol. The molecular weight excluding hydrogens is 416 g/mol. The molecule has 2 aromatic heterocycles. The van der Waals surface area contributed by atoms with Crippen LogP contribution in [0.5, 0.6) is 0 Å².